The Morgan fingerprint density at radius 1 is 1.33 bits per heavy atom. The maximum atomic E-state index is 5.50. The first-order valence-electron chi connectivity index (χ1n) is 3.38. The molecule has 0 N–H and O–H groups in total. The summed E-state index contributed by atoms with van der Waals surface area (Å²) >= 11 is 15.6. The summed E-state index contributed by atoms with van der Waals surface area (Å²) in [6.07, 6.45) is 1.74. The van der Waals surface area contributed by atoms with E-state index in [0.29, 0.717) is 5.15 Å². The second-order valence-electron chi connectivity index (χ2n) is 2.18. The molecule has 0 bridgehead atoms. The number of aromatic nitrogens is 1. The molecule has 0 aliphatic heterocycles. The number of alkyl halides is 2. The number of pyridine rings is 1. The number of hydrogen-bond acceptors (Lipinski definition) is 1. The monoisotopic (exact) mass is 225 g/mol. The van der Waals surface area contributed by atoms with Crippen LogP contribution in [0.3, 0.4) is 0 Å². The maximum absolute atomic E-state index is 5.50. The Morgan fingerprint density at radius 2 is 1.83 bits per heavy atom. The summed E-state index contributed by atoms with van der Waals surface area (Å²) in [5, 5.41) is 0.551. The van der Waals surface area contributed by atoms with Crippen molar-refractivity contribution in [3.8, 4) is 0 Å². The first-order chi connectivity index (χ1) is 5.52. The molecule has 0 aliphatic carbocycles. The highest BCUT2D eigenvalue weighted by Gasteiger charge is 1.83. The van der Waals surface area contributed by atoms with Gasteiger partial charge in [0.1, 0.15) is 9.99 Å². The minimum atomic E-state index is -0.222. The van der Waals surface area contributed by atoms with Gasteiger partial charge in [-0.2, -0.15) is 0 Å². The highest BCUT2D eigenvalue weighted by atomic mass is 35.5. The van der Waals surface area contributed by atoms with Crippen LogP contribution in [-0.2, 0) is 0 Å². The highest BCUT2D eigenvalue weighted by Crippen LogP contribution is 2.02. The predicted octanol–water partition coefficient (Wildman–Crippen LogP) is 3.85. The van der Waals surface area contributed by atoms with Crippen LogP contribution in [0.25, 0.3) is 0 Å². The van der Waals surface area contributed by atoms with E-state index in [2.05, 4.69) is 4.98 Å². The first-order valence-corrected chi connectivity index (χ1v) is 4.63. The second kappa shape index (κ2) is 6.53. The van der Waals surface area contributed by atoms with Gasteiger partial charge in [0.15, 0.2) is 0 Å². The van der Waals surface area contributed by atoms with E-state index in [1.807, 2.05) is 13.0 Å². The predicted molar refractivity (Wildman–Crippen MR) is 55.2 cm³/mol. The van der Waals surface area contributed by atoms with E-state index in [1.165, 1.54) is 0 Å². The molecule has 0 saturated carbocycles. The van der Waals surface area contributed by atoms with Crippen LogP contribution in [0.2, 0.25) is 5.15 Å². The summed E-state index contributed by atoms with van der Waals surface area (Å²) in [6.45, 7) is 3.67. The first kappa shape index (κ1) is 12.0. The smallest absolute Gasteiger partial charge is 0.129 e. The van der Waals surface area contributed by atoms with E-state index < -0.39 is 0 Å². The molecule has 0 radical (unpaired) electrons. The Balaban J connectivity index is 0.000000261. The van der Waals surface area contributed by atoms with Crippen LogP contribution in [0.4, 0.5) is 0 Å². The SMILES string of the molecule is CC(Cl)Cl.Cc1ccc(Cl)nc1. The zero-order valence-electron chi connectivity index (χ0n) is 6.89. The molecule has 1 aromatic rings. The normalized spacial score (nSPS) is 9.17. The largest absolute Gasteiger partial charge is 0.244 e. The summed E-state index contributed by atoms with van der Waals surface area (Å²) < 4.78 is 0. The van der Waals surface area contributed by atoms with Gasteiger partial charge >= 0.3 is 0 Å². The molecule has 4 heteroatoms. The van der Waals surface area contributed by atoms with E-state index in [1.54, 1.807) is 19.2 Å². The van der Waals surface area contributed by atoms with Gasteiger partial charge in [0.25, 0.3) is 0 Å². The van der Waals surface area contributed by atoms with Gasteiger partial charge in [-0.05, 0) is 25.5 Å². The van der Waals surface area contributed by atoms with Gasteiger partial charge in [0, 0.05) is 6.20 Å². The molecule has 12 heavy (non-hydrogen) atoms. The number of halogens is 3. The lowest BCUT2D eigenvalue weighted by Crippen LogP contribution is -1.73. The van der Waals surface area contributed by atoms with Crippen LogP contribution in [0.15, 0.2) is 18.3 Å². The van der Waals surface area contributed by atoms with Crippen molar-refractivity contribution in [2.45, 2.75) is 18.7 Å². The average molecular weight is 227 g/mol. The lowest BCUT2D eigenvalue weighted by molar-refractivity contribution is 1.27. The number of aryl methyl sites for hydroxylation is 1. The van der Waals surface area contributed by atoms with Crippen LogP contribution in [-0.4, -0.2) is 9.82 Å². The molecule has 0 atom stereocenters. The molecule has 0 fully saturated rings. The van der Waals surface area contributed by atoms with Crippen LogP contribution in [0.5, 0.6) is 0 Å². The highest BCUT2D eigenvalue weighted by molar-refractivity contribution is 6.43. The molecule has 1 nitrogen and oxygen atoms in total. The Hall–Kier alpha value is 0.0200. The van der Waals surface area contributed by atoms with Crippen molar-refractivity contribution < 1.29 is 0 Å². The van der Waals surface area contributed by atoms with Crippen molar-refractivity contribution in [1.82, 2.24) is 4.98 Å². The van der Waals surface area contributed by atoms with E-state index >= 15 is 0 Å². The molecule has 1 rings (SSSR count). The molecule has 0 aromatic carbocycles. The summed E-state index contributed by atoms with van der Waals surface area (Å²) in [7, 11) is 0. The third-order valence-corrected chi connectivity index (χ3v) is 1.10. The molecule has 0 unspecified atom stereocenters. The molecule has 68 valence electrons. The Labute approximate surface area is 87.7 Å². The zero-order valence-corrected chi connectivity index (χ0v) is 9.16. The van der Waals surface area contributed by atoms with Gasteiger partial charge in [-0.25, -0.2) is 4.98 Å². The second-order valence-corrected chi connectivity index (χ2v) is 4.10. The minimum Gasteiger partial charge on any atom is -0.244 e. The standard InChI is InChI=1S/C6H6ClN.C2H4Cl2/c1-5-2-3-6(7)8-4-5;1-2(3)4/h2-4H,1H3;2H,1H3. The van der Waals surface area contributed by atoms with Gasteiger partial charge in [-0.15, -0.1) is 23.2 Å². The Bertz CT molecular complexity index is 184. The van der Waals surface area contributed by atoms with Crippen molar-refractivity contribution in [2.24, 2.45) is 0 Å². The Kier molecular flexibility index (Phi) is 6.54. The van der Waals surface area contributed by atoms with Gasteiger partial charge in [-0.3, -0.25) is 0 Å². The Morgan fingerprint density at radius 3 is 2.08 bits per heavy atom. The van der Waals surface area contributed by atoms with E-state index in [-0.39, 0.29) is 4.84 Å². The molecule has 0 saturated heterocycles. The number of rotatable bonds is 0. The third-order valence-electron chi connectivity index (χ3n) is 0.875. The number of hydrogen-bond donors (Lipinski definition) is 0. The van der Waals surface area contributed by atoms with Crippen LogP contribution < -0.4 is 0 Å². The van der Waals surface area contributed by atoms with Crippen molar-refractivity contribution in [3.63, 3.8) is 0 Å². The third kappa shape index (κ3) is 8.12. The summed E-state index contributed by atoms with van der Waals surface area (Å²) in [5.74, 6) is 0. The molecular formula is C8H10Cl3N. The van der Waals surface area contributed by atoms with E-state index in [0.717, 1.165) is 5.56 Å². The fourth-order valence-corrected chi connectivity index (χ4v) is 0.562. The molecule has 0 amide bonds. The molecule has 1 heterocycles. The molecule has 1 aromatic heterocycles. The van der Waals surface area contributed by atoms with Crippen molar-refractivity contribution >= 4 is 34.8 Å². The quantitative estimate of drug-likeness (QED) is 0.484. The molecule has 0 spiro atoms. The zero-order chi connectivity index (χ0) is 9.56. The van der Waals surface area contributed by atoms with E-state index in [9.17, 15) is 0 Å². The van der Waals surface area contributed by atoms with Gasteiger partial charge in [0.05, 0.1) is 0 Å². The van der Waals surface area contributed by atoms with Gasteiger partial charge < -0.3 is 0 Å². The average Bonchev–Trinajstić information content (AvgIpc) is 1.94. The topological polar surface area (TPSA) is 12.9 Å². The minimum absolute atomic E-state index is 0.222. The summed E-state index contributed by atoms with van der Waals surface area (Å²) in [5.41, 5.74) is 1.13. The van der Waals surface area contributed by atoms with Gasteiger partial charge in [0.2, 0.25) is 0 Å². The van der Waals surface area contributed by atoms with Crippen LogP contribution in [0, 0.1) is 6.92 Å². The lowest BCUT2D eigenvalue weighted by Gasteiger charge is -1.87. The lowest BCUT2D eigenvalue weighted by atomic mass is 10.3. The van der Waals surface area contributed by atoms with Gasteiger partial charge in [-0.1, -0.05) is 17.7 Å². The molecular weight excluding hydrogens is 216 g/mol. The maximum Gasteiger partial charge on any atom is 0.129 e. The fourth-order valence-electron chi connectivity index (χ4n) is 0.450. The van der Waals surface area contributed by atoms with Crippen molar-refractivity contribution in [2.75, 3.05) is 0 Å². The van der Waals surface area contributed by atoms with Crippen molar-refractivity contribution in [3.05, 3.63) is 29.0 Å². The van der Waals surface area contributed by atoms with Crippen molar-refractivity contribution in [1.29, 1.82) is 0 Å². The molecule has 0 aliphatic rings. The summed E-state index contributed by atoms with van der Waals surface area (Å²) in [6, 6.07) is 3.70. The van der Waals surface area contributed by atoms with E-state index in [4.69, 9.17) is 34.8 Å². The fraction of sp³-hybridized carbons (Fsp3) is 0.375. The van der Waals surface area contributed by atoms with Crippen LogP contribution in [0.1, 0.15) is 12.5 Å². The number of nitrogens with zero attached hydrogens (tertiary/aromatic N) is 1. The summed E-state index contributed by atoms with van der Waals surface area (Å²) in [4.78, 5) is 3.62. The van der Waals surface area contributed by atoms with Crippen LogP contribution >= 0.6 is 34.8 Å².